The van der Waals surface area contributed by atoms with Crippen LogP contribution < -0.4 is 5.32 Å². The molecule has 0 heterocycles. The molecular formula is C14H20ClNO2. The third-order valence-corrected chi connectivity index (χ3v) is 3.10. The second-order valence-corrected chi connectivity index (χ2v) is 4.81. The third kappa shape index (κ3) is 4.00. The van der Waals surface area contributed by atoms with Crippen molar-refractivity contribution >= 4 is 17.6 Å². The van der Waals surface area contributed by atoms with Crippen molar-refractivity contribution in [3.8, 4) is 0 Å². The summed E-state index contributed by atoms with van der Waals surface area (Å²) < 4.78 is 4.95. The van der Waals surface area contributed by atoms with Gasteiger partial charge in [0.15, 0.2) is 0 Å². The summed E-state index contributed by atoms with van der Waals surface area (Å²) >= 11 is 5.98. The topological polar surface area (TPSA) is 38.3 Å². The number of esters is 1. The number of nitrogens with one attached hydrogen (secondary N) is 1. The van der Waals surface area contributed by atoms with Crippen LogP contribution >= 0.6 is 11.6 Å². The molecule has 0 aliphatic rings. The van der Waals surface area contributed by atoms with Gasteiger partial charge in [-0.3, -0.25) is 4.79 Å². The first kappa shape index (κ1) is 15.0. The van der Waals surface area contributed by atoms with Crippen molar-refractivity contribution in [1.29, 1.82) is 0 Å². The van der Waals surface area contributed by atoms with Crippen molar-refractivity contribution in [3.63, 3.8) is 0 Å². The highest BCUT2D eigenvalue weighted by molar-refractivity contribution is 6.30. The Balaban J connectivity index is 2.66. The van der Waals surface area contributed by atoms with Crippen LogP contribution in [0.4, 0.5) is 0 Å². The molecule has 0 aliphatic heterocycles. The standard InChI is InChI=1S/C14H20ClNO2/c1-5-18-14(17)11(4)16-8-13-9(2)6-12(15)7-10(13)3/h6-7,11,16H,5,8H2,1-4H3/t11-/m0/s1. The molecule has 4 heteroatoms. The molecule has 1 N–H and O–H groups in total. The van der Waals surface area contributed by atoms with Gasteiger partial charge in [-0.05, 0) is 56.5 Å². The van der Waals surface area contributed by atoms with Crippen LogP contribution in [0.3, 0.4) is 0 Å². The van der Waals surface area contributed by atoms with Crippen LogP contribution in [0.2, 0.25) is 5.02 Å². The largest absolute Gasteiger partial charge is 0.465 e. The lowest BCUT2D eigenvalue weighted by Crippen LogP contribution is -2.35. The van der Waals surface area contributed by atoms with E-state index in [0.29, 0.717) is 13.2 Å². The molecular weight excluding hydrogens is 250 g/mol. The van der Waals surface area contributed by atoms with Gasteiger partial charge < -0.3 is 10.1 Å². The molecule has 0 saturated carbocycles. The van der Waals surface area contributed by atoms with Gasteiger partial charge in [0.1, 0.15) is 6.04 Å². The minimum Gasteiger partial charge on any atom is -0.465 e. The van der Waals surface area contributed by atoms with E-state index in [9.17, 15) is 4.79 Å². The molecule has 0 unspecified atom stereocenters. The van der Waals surface area contributed by atoms with Crippen LogP contribution in [0.1, 0.15) is 30.5 Å². The summed E-state index contributed by atoms with van der Waals surface area (Å²) in [6.07, 6.45) is 0. The van der Waals surface area contributed by atoms with E-state index in [1.165, 1.54) is 5.56 Å². The first-order valence-corrected chi connectivity index (χ1v) is 6.49. The SMILES string of the molecule is CCOC(=O)[C@H](C)NCc1c(C)cc(Cl)cc1C. The zero-order valence-corrected chi connectivity index (χ0v) is 12.1. The number of aryl methyl sites for hydroxylation is 2. The number of rotatable bonds is 5. The van der Waals surface area contributed by atoms with Crippen molar-refractivity contribution in [3.05, 3.63) is 33.8 Å². The molecule has 0 spiro atoms. The molecule has 0 aromatic heterocycles. The summed E-state index contributed by atoms with van der Waals surface area (Å²) in [7, 11) is 0. The molecule has 1 aromatic carbocycles. The lowest BCUT2D eigenvalue weighted by Gasteiger charge is -2.15. The Hall–Kier alpha value is -1.06. The Labute approximate surface area is 113 Å². The van der Waals surface area contributed by atoms with Gasteiger partial charge in [0.05, 0.1) is 6.61 Å². The van der Waals surface area contributed by atoms with E-state index < -0.39 is 0 Å². The van der Waals surface area contributed by atoms with Gasteiger partial charge >= 0.3 is 5.97 Å². The number of hydrogen-bond acceptors (Lipinski definition) is 3. The molecule has 0 amide bonds. The number of carbonyl (C=O) groups is 1. The van der Waals surface area contributed by atoms with Crippen molar-refractivity contribution in [2.45, 2.75) is 40.3 Å². The van der Waals surface area contributed by atoms with Gasteiger partial charge in [-0.2, -0.15) is 0 Å². The first-order valence-electron chi connectivity index (χ1n) is 6.11. The van der Waals surface area contributed by atoms with Gasteiger partial charge in [0.25, 0.3) is 0 Å². The molecule has 0 fully saturated rings. The fourth-order valence-electron chi connectivity index (χ4n) is 1.83. The monoisotopic (exact) mass is 269 g/mol. The van der Waals surface area contributed by atoms with Crippen LogP contribution in [0.15, 0.2) is 12.1 Å². The molecule has 3 nitrogen and oxygen atoms in total. The van der Waals surface area contributed by atoms with Crippen LogP contribution in [0.25, 0.3) is 0 Å². The summed E-state index contributed by atoms with van der Waals surface area (Å²) in [5.74, 6) is -0.221. The summed E-state index contributed by atoms with van der Waals surface area (Å²) in [5.41, 5.74) is 3.43. The molecule has 1 rings (SSSR count). The second-order valence-electron chi connectivity index (χ2n) is 4.37. The van der Waals surface area contributed by atoms with Crippen molar-refractivity contribution in [1.82, 2.24) is 5.32 Å². The molecule has 0 saturated heterocycles. The van der Waals surface area contributed by atoms with Gasteiger partial charge in [-0.25, -0.2) is 0 Å². The minimum atomic E-state index is -0.306. The number of hydrogen-bond donors (Lipinski definition) is 1. The Morgan fingerprint density at radius 3 is 2.44 bits per heavy atom. The van der Waals surface area contributed by atoms with Gasteiger partial charge in [0.2, 0.25) is 0 Å². The lowest BCUT2D eigenvalue weighted by atomic mass is 10.0. The number of ether oxygens (including phenoxy) is 1. The molecule has 0 radical (unpaired) electrons. The normalized spacial score (nSPS) is 12.3. The molecule has 0 bridgehead atoms. The molecule has 100 valence electrons. The highest BCUT2D eigenvalue weighted by Crippen LogP contribution is 2.20. The maximum Gasteiger partial charge on any atom is 0.322 e. The number of halogens is 1. The summed E-state index contributed by atoms with van der Waals surface area (Å²) in [4.78, 5) is 11.5. The second kappa shape index (κ2) is 6.76. The van der Waals surface area contributed by atoms with E-state index in [0.717, 1.165) is 16.1 Å². The Morgan fingerprint density at radius 1 is 1.39 bits per heavy atom. The van der Waals surface area contributed by atoms with E-state index in [-0.39, 0.29) is 12.0 Å². The molecule has 1 atom stereocenters. The highest BCUT2D eigenvalue weighted by Gasteiger charge is 2.14. The smallest absolute Gasteiger partial charge is 0.322 e. The average molecular weight is 270 g/mol. The van der Waals surface area contributed by atoms with E-state index in [4.69, 9.17) is 16.3 Å². The fraction of sp³-hybridized carbons (Fsp3) is 0.500. The first-order chi connectivity index (χ1) is 8.45. The quantitative estimate of drug-likeness (QED) is 0.835. The maximum absolute atomic E-state index is 11.5. The molecule has 0 aliphatic carbocycles. The Kier molecular flexibility index (Phi) is 5.63. The van der Waals surface area contributed by atoms with Crippen molar-refractivity contribution in [2.24, 2.45) is 0 Å². The predicted octanol–water partition coefficient (Wildman–Crippen LogP) is 3.00. The minimum absolute atomic E-state index is 0.221. The summed E-state index contributed by atoms with van der Waals surface area (Å²) in [6, 6.07) is 3.56. The number of carbonyl (C=O) groups excluding carboxylic acids is 1. The summed E-state index contributed by atoms with van der Waals surface area (Å²) in [6.45, 7) is 8.69. The van der Waals surface area contributed by atoms with Crippen LogP contribution in [0.5, 0.6) is 0 Å². The van der Waals surface area contributed by atoms with Gasteiger partial charge in [-0.1, -0.05) is 11.6 Å². The van der Waals surface area contributed by atoms with E-state index >= 15 is 0 Å². The van der Waals surface area contributed by atoms with E-state index in [1.54, 1.807) is 13.8 Å². The van der Waals surface area contributed by atoms with Gasteiger partial charge in [-0.15, -0.1) is 0 Å². The maximum atomic E-state index is 11.5. The predicted molar refractivity (Wildman–Crippen MR) is 73.9 cm³/mol. The highest BCUT2D eigenvalue weighted by atomic mass is 35.5. The fourth-order valence-corrected chi connectivity index (χ4v) is 2.15. The van der Waals surface area contributed by atoms with Crippen LogP contribution in [-0.2, 0) is 16.1 Å². The average Bonchev–Trinajstić information content (AvgIpc) is 2.27. The van der Waals surface area contributed by atoms with Crippen molar-refractivity contribution < 1.29 is 9.53 Å². The molecule has 18 heavy (non-hydrogen) atoms. The molecule has 1 aromatic rings. The van der Waals surface area contributed by atoms with E-state index in [2.05, 4.69) is 5.32 Å². The van der Waals surface area contributed by atoms with E-state index in [1.807, 2.05) is 26.0 Å². The van der Waals surface area contributed by atoms with Crippen LogP contribution in [-0.4, -0.2) is 18.6 Å². The zero-order valence-electron chi connectivity index (χ0n) is 11.3. The Morgan fingerprint density at radius 2 is 1.94 bits per heavy atom. The lowest BCUT2D eigenvalue weighted by molar-refractivity contribution is -0.145. The summed E-state index contributed by atoms with van der Waals surface area (Å²) in [5, 5.41) is 3.91. The van der Waals surface area contributed by atoms with Crippen LogP contribution in [0, 0.1) is 13.8 Å². The van der Waals surface area contributed by atoms with Crippen molar-refractivity contribution in [2.75, 3.05) is 6.61 Å². The third-order valence-electron chi connectivity index (χ3n) is 2.89. The van der Waals surface area contributed by atoms with Gasteiger partial charge in [0, 0.05) is 11.6 Å². The zero-order chi connectivity index (χ0) is 13.7. The number of benzene rings is 1. The Bertz CT molecular complexity index is 409.